The van der Waals surface area contributed by atoms with Crippen molar-refractivity contribution in [1.29, 1.82) is 0 Å². The van der Waals surface area contributed by atoms with Gasteiger partial charge in [0.2, 0.25) is 12.5 Å². The predicted molar refractivity (Wildman–Crippen MR) is 123 cm³/mol. The molecule has 0 spiro atoms. The summed E-state index contributed by atoms with van der Waals surface area (Å²) in [5.41, 5.74) is 0.738. The number of phenols is 1. The van der Waals surface area contributed by atoms with E-state index in [1.54, 1.807) is 12.1 Å². The third-order valence-electron chi connectivity index (χ3n) is 7.42. The first kappa shape index (κ1) is 24.4. The molecule has 2 heterocycles. The first-order valence-corrected chi connectivity index (χ1v) is 11.6. The van der Waals surface area contributed by atoms with Gasteiger partial charge in [-0.25, -0.2) is 0 Å². The van der Waals surface area contributed by atoms with E-state index in [0.29, 0.717) is 17.1 Å². The van der Waals surface area contributed by atoms with E-state index in [1.807, 2.05) is 12.1 Å². The van der Waals surface area contributed by atoms with Crippen molar-refractivity contribution in [2.24, 2.45) is 11.8 Å². The number of rotatable bonds is 8. The highest BCUT2D eigenvalue weighted by molar-refractivity contribution is 5.79. The first-order valence-electron chi connectivity index (χ1n) is 11.6. The number of nitrogens with one attached hydrogen (secondary N) is 1. The summed E-state index contributed by atoms with van der Waals surface area (Å²) in [6.07, 6.45) is 0. The number of hydrogen-bond acceptors (Lipinski definition) is 11. The maximum Gasteiger partial charge on any atom is 0.310 e. The van der Waals surface area contributed by atoms with E-state index in [-0.39, 0.29) is 30.6 Å². The molecular weight excluding hydrogens is 474 g/mol. The number of hydrogen-bond donors (Lipinski definition) is 5. The maximum atomic E-state index is 13.2. The number of methoxy groups -OCH3 is 2. The highest BCUT2D eigenvalue weighted by Crippen LogP contribution is 2.55. The molecule has 0 unspecified atom stereocenters. The van der Waals surface area contributed by atoms with Crippen LogP contribution in [0.5, 0.6) is 28.7 Å². The monoisotopic (exact) mass is 503 g/mol. The molecule has 0 bridgehead atoms. The zero-order valence-electron chi connectivity index (χ0n) is 19.9. The normalized spacial score (nSPS) is 24.2. The SMILES string of the molecule is COc1cc([C@@H]2c3cc4c(cc3[C@H](NC(CO)(CO)CO)[C@H]3COC(=O)[C@H]23)OCO4)cc(OC)c1O. The molecule has 5 rings (SSSR count). The molecule has 11 heteroatoms. The van der Waals surface area contributed by atoms with E-state index >= 15 is 0 Å². The van der Waals surface area contributed by atoms with Crippen molar-refractivity contribution in [3.63, 3.8) is 0 Å². The maximum absolute atomic E-state index is 13.2. The molecular formula is C25H29NO10. The summed E-state index contributed by atoms with van der Waals surface area (Å²) in [5.74, 6) is -0.757. The number of carbonyl (C=O) groups excluding carboxylic acids is 1. The van der Waals surface area contributed by atoms with Crippen LogP contribution in [-0.2, 0) is 9.53 Å². The molecule has 0 aromatic heterocycles. The van der Waals surface area contributed by atoms with Crippen LogP contribution in [0.4, 0.5) is 0 Å². The van der Waals surface area contributed by atoms with E-state index in [9.17, 15) is 25.2 Å². The second-order valence-corrected chi connectivity index (χ2v) is 9.28. The zero-order chi connectivity index (χ0) is 25.6. The molecule has 1 aliphatic carbocycles. The molecule has 1 fully saturated rings. The molecule has 5 N–H and O–H groups in total. The number of ether oxygens (including phenoxy) is 5. The van der Waals surface area contributed by atoms with Crippen LogP contribution in [0.25, 0.3) is 0 Å². The number of aromatic hydroxyl groups is 1. The Hall–Kier alpha value is -3.25. The van der Waals surface area contributed by atoms with Gasteiger partial charge in [-0.15, -0.1) is 0 Å². The number of aliphatic hydroxyl groups is 3. The molecule has 36 heavy (non-hydrogen) atoms. The van der Waals surface area contributed by atoms with Gasteiger partial charge in [0.15, 0.2) is 23.0 Å². The Balaban J connectivity index is 1.73. The van der Waals surface area contributed by atoms with Crippen molar-refractivity contribution in [2.45, 2.75) is 17.5 Å². The second kappa shape index (κ2) is 9.32. The fourth-order valence-corrected chi connectivity index (χ4v) is 5.46. The molecule has 3 aliphatic rings. The molecule has 0 saturated carbocycles. The van der Waals surface area contributed by atoms with E-state index in [2.05, 4.69) is 5.32 Å². The van der Waals surface area contributed by atoms with Gasteiger partial charge in [0, 0.05) is 17.9 Å². The number of benzene rings is 2. The third kappa shape index (κ3) is 3.70. The zero-order valence-corrected chi connectivity index (χ0v) is 19.9. The molecule has 2 aromatic rings. The van der Waals surface area contributed by atoms with Crippen LogP contribution in [0, 0.1) is 11.8 Å². The molecule has 0 amide bonds. The van der Waals surface area contributed by atoms with Crippen LogP contribution < -0.4 is 24.3 Å². The van der Waals surface area contributed by atoms with Crippen molar-refractivity contribution in [3.05, 3.63) is 41.0 Å². The molecule has 4 atom stereocenters. The number of carbonyl (C=O) groups is 1. The minimum absolute atomic E-state index is 0.0462. The lowest BCUT2D eigenvalue weighted by Crippen LogP contribution is -2.58. The summed E-state index contributed by atoms with van der Waals surface area (Å²) < 4.78 is 27.5. The number of esters is 1. The number of cyclic esters (lactones) is 1. The second-order valence-electron chi connectivity index (χ2n) is 9.28. The quantitative estimate of drug-likeness (QED) is 0.318. The summed E-state index contributed by atoms with van der Waals surface area (Å²) >= 11 is 0. The predicted octanol–water partition coefficient (Wildman–Crippen LogP) is 0.419. The molecule has 11 nitrogen and oxygen atoms in total. The molecule has 0 radical (unpaired) electrons. The fourth-order valence-electron chi connectivity index (χ4n) is 5.46. The van der Waals surface area contributed by atoms with Crippen molar-refractivity contribution in [1.82, 2.24) is 5.32 Å². The van der Waals surface area contributed by atoms with E-state index in [0.717, 1.165) is 11.1 Å². The van der Waals surface area contributed by atoms with Crippen LogP contribution in [0.3, 0.4) is 0 Å². The average molecular weight is 504 g/mol. The standard InChI is InChI=1S/C25H29NO10/c1-32-18-3-12(4-19(33-2)23(18)30)20-13-5-16-17(36-11-35-16)6-14(13)22(15-7-34-24(31)21(15)20)26-25(8-27,9-28)10-29/h3-6,15,20-22,26-30H,7-11H2,1-2H3/t15-,20+,21-,22-/m0/s1. The topological polar surface area (TPSA) is 156 Å². The molecule has 1 saturated heterocycles. The number of fused-ring (bicyclic) bond motifs is 3. The van der Waals surface area contributed by atoms with E-state index in [4.69, 9.17) is 23.7 Å². The van der Waals surface area contributed by atoms with Gasteiger partial charge < -0.3 is 44.1 Å². The van der Waals surface area contributed by atoms with Gasteiger partial charge in [-0.05, 0) is 41.0 Å². The van der Waals surface area contributed by atoms with Crippen LogP contribution in [-0.4, -0.2) is 79.4 Å². The summed E-state index contributed by atoms with van der Waals surface area (Å²) in [6, 6.07) is 6.37. The molecule has 2 aromatic carbocycles. The van der Waals surface area contributed by atoms with E-state index in [1.165, 1.54) is 14.2 Å². The summed E-state index contributed by atoms with van der Waals surface area (Å²) in [6.45, 7) is -1.45. The van der Waals surface area contributed by atoms with Gasteiger partial charge in [-0.2, -0.15) is 0 Å². The number of phenolic OH excluding ortho intramolecular Hbond substituents is 1. The summed E-state index contributed by atoms with van der Waals surface area (Å²) in [7, 11) is 2.85. The van der Waals surface area contributed by atoms with Gasteiger partial charge in [0.05, 0.1) is 52.1 Å². The lowest BCUT2D eigenvalue weighted by molar-refractivity contribution is -0.141. The Morgan fingerprint density at radius 3 is 2.08 bits per heavy atom. The summed E-state index contributed by atoms with van der Waals surface area (Å²) in [4.78, 5) is 13.2. The van der Waals surface area contributed by atoms with Gasteiger partial charge >= 0.3 is 5.97 Å². The average Bonchev–Trinajstić information content (AvgIpc) is 3.52. The Labute approximate surface area is 207 Å². The van der Waals surface area contributed by atoms with Crippen LogP contribution in [0.1, 0.15) is 28.7 Å². The Morgan fingerprint density at radius 2 is 1.53 bits per heavy atom. The van der Waals surface area contributed by atoms with Gasteiger partial charge in [-0.3, -0.25) is 10.1 Å². The fraction of sp³-hybridized carbons (Fsp3) is 0.480. The third-order valence-corrected chi connectivity index (χ3v) is 7.42. The Morgan fingerprint density at radius 1 is 0.944 bits per heavy atom. The van der Waals surface area contributed by atoms with Crippen molar-refractivity contribution in [3.8, 4) is 28.7 Å². The first-order chi connectivity index (χ1) is 17.4. The molecule has 194 valence electrons. The van der Waals surface area contributed by atoms with Gasteiger partial charge in [0.25, 0.3) is 0 Å². The van der Waals surface area contributed by atoms with Crippen LogP contribution in [0.15, 0.2) is 24.3 Å². The van der Waals surface area contributed by atoms with Crippen molar-refractivity contribution in [2.75, 3.05) is 47.4 Å². The minimum atomic E-state index is -1.40. The largest absolute Gasteiger partial charge is 0.502 e. The Bertz CT molecular complexity index is 1130. The minimum Gasteiger partial charge on any atom is -0.502 e. The highest BCUT2D eigenvalue weighted by atomic mass is 16.7. The van der Waals surface area contributed by atoms with Crippen LogP contribution in [0.2, 0.25) is 0 Å². The Kier molecular flexibility index (Phi) is 6.33. The molecule has 2 aliphatic heterocycles. The highest BCUT2D eigenvalue weighted by Gasteiger charge is 2.54. The number of aliphatic hydroxyl groups excluding tert-OH is 3. The van der Waals surface area contributed by atoms with Gasteiger partial charge in [-0.1, -0.05) is 0 Å². The lowest BCUT2D eigenvalue weighted by Gasteiger charge is -2.43. The summed E-state index contributed by atoms with van der Waals surface area (Å²) in [5, 5.41) is 43.7. The van der Waals surface area contributed by atoms with E-state index < -0.39 is 55.1 Å². The van der Waals surface area contributed by atoms with Gasteiger partial charge in [0.1, 0.15) is 0 Å². The lowest BCUT2D eigenvalue weighted by atomic mass is 9.65. The smallest absolute Gasteiger partial charge is 0.310 e. The van der Waals surface area contributed by atoms with Crippen molar-refractivity contribution >= 4 is 5.97 Å². The van der Waals surface area contributed by atoms with Crippen molar-refractivity contribution < 1.29 is 48.9 Å². The van der Waals surface area contributed by atoms with Crippen LogP contribution >= 0.6 is 0 Å².